The number of benzene rings is 2. The maximum Gasteiger partial charge on any atom is 0.329 e. The number of halogens is 1. The van der Waals surface area contributed by atoms with Crippen molar-refractivity contribution in [3.8, 4) is 28.7 Å². The van der Waals surface area contributed by atoms with Crippen LogP contribution in [0.4, 0.5) is 0 Å². The normalized spacial score (nSPS) is 35.1. The van der Waals surface area contributed by atoms with Crippen molar-refractivity contribution in [2.45, 2.75) is 145 Å². The van der Waals surface area contributed by atoms with Crippen molar-refractivity contribution < 1.29 is 77.4 Å². The second-order valence-corrected chi connectivity index (χ2v) is 19.6. The van der Waals surface area contributed by atoms with Crippen molar-refractivity contribution in [2.24, 2.45) is 0 Å². The van der Waals surface area contributed by atoms with E-state index in [1.54, 1.807) is 25.1 Å². The quantitative estimate of drug-likeness (QED) is 0.105. The van der Waals surface area contributed by atoms with E-state index in [9.17, 15) is 30.0 Å². The minimum Gasteiger partial charge on any atom is -0.507 e. The number of nitrogens with zero attached hydrogens (tertiary/aromatic N) is 2. The van der Waals surface area contributed by atoms with Gasteiger partial charge >= 0.3 is 5.97 Å². The summed E-state index contributed by atoms with van der Waals surface area (Å²) in [5.41, 5.74) is -1.33. The molecule has 0 saturated carbocycles. The van der Waals surface area contributed by atoms with Gasteiger partial charge < -0.3 is 78.0 Å². The molecule has 20 heteroatoms. The zero-order valence-corrected chi connectivity index (χ0v) is 40.6. The molecule has 14 atom stereocenters. The van der Waals surface area contributed by atoms with E-state index in [0.717, 1.165) is 0 Å². The number of methoxy groups -OCH3 is 2. The molecule has 3 aromatic rings. The Labute approximate surface area is 404 Å². The summed E-state index contributed by atoms with van der Waals surface area (Å²) in [5.74, 6) is -0.967. The number of epoxide rings is 1. The monoisotopic (exact) mass is 981 g/mol. The third-order valence-electron chi connectivity index (χ3n) is 13.7. The van der Waals surface area contributed by atoms with Gasteiger partial charge in [-0.15, -0.1) is 0 Å². The first kappa shape index (κ1) is 49.2. The van der Waals surface area contributed by atoms with Crippen LogP contribution in [0, 0.1) is 0 Å². The average Bonchev–Trinajstić information content (AvgIpc) is 3.79. The highest BCUT2D eigenvalue weighted by atomic mass is 35.5. The number of amides is 1. The summed E-state index contributed by atoms with van der Waals surface area (Å²) in [6, 6.07) is 5.99. The van der Waals surface area contributed by atoms with Gasteiger partial charge in [0.1, 0.15) is 48.9 Å². The summed E-state index contributed by atoms with van der Waals surface area (Å²) < 4.78 is 62.2. The fourth-order valence-electron chi connectivity index (χ4n) is 10.5. The number of aliphatic hydroxyl groups excluding tert-OH is 2. The topological polar surface area (TPSA) is 239 Å². The minimum absolute atomic E-state index is 0.0555. The van der Waals surface area contributed by atoms with Crippen LogP contribution in [0.2, 0.25) is 5.15 Å². The van der Waals surface area contributed by atoms with Crippen LogP contribution in [0.3, 0.4) is 0 Å². The van der Waals surface area contributed by atoms with Crippen LogP contribution in [-0.4, -0.2) is 168 Å². The van der Waals surface area contributed by atoms with Crippen molar-refractivity contribution in [1.82, 2.24) is 15.2 Å². The minimum atomic E-state index is -1.52. The van der Waals surface area contributed by atoms with Crippen molar-refractivity contribution in [3.63, 3.8) is 0 Å². The van der Waals surface area contributed by atoms with Crippen molar-refractivity contribution >= 4 is 34.2 Å². The van der Waals surface area contributed by atoms with Crippen LogP contribution in [0.1, 0.15) is 63.5 Å². The zero-order chi connectivity index (χ0) is 49.4. The number of nitrogens with one attached hydrogen (secondary N) is 1. The standard InChI is InChI=1S/C49H60ClN3O16/c1-21(2)63-34-13-24-12-31(54)28(15-26(24)41(60-8)42(34)61-9)46(57)52-30-14-25-10-11-33(45(50)51-25)66-35-17-29-27(36(20-62-47(30)58)67-38-18-32(55)40(53(6)7)22(3)64-38)16-37-49(29,69-37)44(35)68-39-19-48(5,59)43(56)23(4)65-39/h10-13,15-17,21-23,30,32,35-40,43-44,54-56,59H,14,18-20H2,1-9H3,(H,52,57)/t22-,23-,30?,32-,35-,36?,37-,38-,39-,40+,43-,44-,48+,49?/m0/s1. The smallest absolute Gasteiger partial charge is 0.329 e. The molecule has 3 saturated heterocycles. The molecule has 374 valence electrons. The molecule has 3 unspecified atom stereocenters. The molecule has 1 spiro atoms. The number of pyridine rings is 1. The molecule has 0 radical (unpaired) electrons. The number of carbonyl (C=O) groups excluding carboxylic acids is 2. The van der Waals surface area contributed by atoms with Gasteiger partial charge in [0.2, 0.25) is 5.75 Å². The van der Waals surface area contributed by atoms with Crippen molar-refractivity contribution in [1.29, 1.82) is 0 Å². The van der Waals surface area contributed by atoms with Crippen LogP contribution < -0.4 is 24.3 Å². The Morgan fingerprint density at radius 2 is 1.75 bits per heavy atom. The lowest BCUT2D eigenvalue weighted by Gasteiger charge is -2.43. The summed E-state index contributed by atoms with van der Waals surface area (Å²) in [4.78, 5) is 35.2. The molecule has 2 aliphatic carbocycles. The average molecular weight is 982 g/mol. The number of phenols is 1. The third-order valence-corrected chi connectivity index (χ3v) is 14.0. The summed E-state index contributed by atoms with van der Waals surface area (Å²) in [6.07, 6.45) is -5.10. The van der Waals surface area contributed by atoms with E-state index in [-0.39, 0.29) is 77.4 Å². The second kappa shape index (κ2) is 18.7. The van der Waals surface area contributed by atoms with E-state index in [1.165, 1.54) is 33.3 Å². The van der Waals surface area contributed by atoms with Gasteiger partial charge in [-0.1, -0.05) is 11.6 Å². The first-order chi connectivity index (χ1) is 32.7. The molecule has 7 aliphatic rings. The maximum absolute atomic E-state index is 14.5. The number of ether oxygens (including phenoxy) is 10. The number of fused-ring (bicyclic) bond motifs is 8. The molecule has 10 rings (SSSR count). The number of aromatic hydroxyl groups is 1. The van der Waals surface area contributed by atoms with E-state index < -0.39 is 90.5 Å². The highest BCUT2D eigenvalue weighted by molar-refractivity contribution is 6.30. The second-order valence-electron chi connectivity index (χ2n) is 19.3. The summed E-state index contributed by atoms with van der Waals surface area (Å²) in [7, 11) is 6.62. The van der Waals surface area contributed by atoms with E-state index >= 15 is 0 Å². The summed E-state index contributed by atoms with van der Waals surface area (Å²) in [5, 5.41) is 48.0. The number of esters is 1. The first-order valence-electron chi connectivity index (χ1n) is 23.1. The number of likely N-dealkylation sites (N-methyl/N-ethyl adjacent to an activating group) is 1. The van der Waals surface area contributed by atoms with E-state index in [1.807, 2.05) is 51.9 Å². The largest absolute Gasteiger partial charge is 0.507 e. The Hall–Kier alpha value is -4.80. The Bertz CT molecular complexity index is 2540. The van der Waals surface area contributed by atoms with Crippen molar-refractivity contribution in [2.75, 3.05) is 34.9 Å². The molecule has 3 fully saturated rings. The number of aliphatic hydroxyl groups is 3. The number of rotatable bonds is 11. The number of phenolic OH excluding ortho intramolecular Hbond substituents is 1. The number of hydrogen-bond donors (Lipinski definition) is 5. The number of hydrogen-bond acceptors (Lipinski definition) is 18. The predicted molar refractivity (Wildman–Crippen MR) is 246 cm³/mol. The van der Waals surface area contributed by atoms with E-state index in [0.29, 0.717) is 27.7 Å². The predicted octanol–water partition coefficient (Wildman–Crippen LogP) is 3.50. The van der Waals surface area contributed by atoms with Gasteiger partial charge in [-0.3, -0.25) is 4.79 Å². The highest BCUT2D eigenvalue weighted by Gasteiger charge is 2.73. The Balaban J connectivity index is 1.06. The van der Waals surface area contributed by atoms with Gasteiger partial charge in [0.05, 0.1) is 55.8 Å². The van der Waals surface area contributed by atoms with Gasteiger partial charge in [0.25, 0.3) is 5.91 Å². The van der Waals surface area contributed by atoms with Crippen LogP contribution in [0.5, 0.6) is 28.7 Å². The van der Waals surface area contributed by atoms with Crippen molar-refractivity contribution in [3.05, 3.63) is 70.0 Å². The summed E-state index contributed by atoms with van der Waals surface area (Å²) in [6.45, 7) is 8.34. The summed E-state index contributed by atoms with van der Waals surface area (Å²) >= 11 is 6.83. The lowest BCUT2D eigenvalue weighted by molar-refractivity contribution is -0.290. The lowest BCUT2D eigenvalue weighted by atomic mass is 9.88. The number of carbonyl (C=O) groups is 2. The molecular weight excluding hydrogens is 922 g/mol. The Morgan fingerprint density at radius 3 is 2.42 bits per heavy atom. The number of aromatic nitrogens is 1. The molecule has 5 aliphatic heterocycles. The van der Waals surface area contributed by atoms with Gasteiger partial charge in [0, 0.05) is 30.3 Å². The highest BCUT2D eigenvalue weighted by Crippen LogP contribution is 2.61. The molecule has 2 aromatic carbocycles. The SMILES string of the molecule is COc1c(OC(C)C)cc2cc(O)c(C(=O)NC3Cc4ccc(c(Cl)n4)O[C@H]4C=C5C(=C[C@@H]6OC56[C@H]4O[C@H]4C[C@@](C)(O)[C@@H](O)[C@H](C)O4)C(O[C@H]4C[C@H](O)[C@H](N(C)C)[C@H](C)O4)COC3=O)cc2c1OC. The molecular formula is C49H60ClN3O16. The molecule has 6 heterocycles. The maximum atomic E-state index is 14.5. The van der Waals surface area contributed by atoms with Crippen LogP contribution >= 0.6 is 11.6 Å². The van der Waals surface area contributed by atoms with Gasteiger partial charge in [-0.25, -0.2) is 9.78 Å². The Morgan fingerprint density at radius 1 is 1.01 bits per heavy atom. The van der Waals surface area contributed by atoms with E-state index in [4.69, 9.17) is 59.0 Å². The first-order valence-corrected chi connectivity index (χ1v) is 23.5. The fourth-order valence-corrected chi connectivity index (χ4v) is 10.7. The van der Waals surface area contributed by atoms with Gasteiger partial charge in [0.15, 0.2) is 40.6 Å². The van der Waals surface area contributed by atoms with Crippen LogP contribution in [-0.2, 0) is 39.6 Å². The van der Waals surface area contributed by atoms with E-state index in [2.05, 4.69) is 10.3 Å². The van der Waals surface area contributed by atoms with Crippen LogP contribution in [0.25, 0.3) is 10.8 Å². The molecule has 4 bridgehead atoms. The molecule has 19 nitrogen and oxygen atoms in total. The fraction of sp³-hybridized carbons (Fsp3) is 0.571. The third kappa shape index (κ3) is 9.11. The molecule has 1 aromatic heterocycles. The molecule has 5 N–H and O–H groups in total. The lowest BCUT2D eigenvalue weighted by Crippen LogP contribution is -2.57. The Kier molecular flexibility index (Phi) is 13.4. The van der Waals surface area contributed by atoms with Crippen LogP contribution in [0.15, 0.2) is 53.6 Å². The van der Waals surface area contributed by atoms with Gasteiger partial charge in [-0.2, -0.15) is 0 Å². The molecule has 69 heavy (non-hydrogen) atoms. The zero-order valence-electron chi connectivity index (χ0n) is 39.8. The molecule has 1 amide bonds. The van der Waals surface area contributed by atoms with Gasteiger partial charge in [-0.05, 0) is 108 Å².